The first-order chi connectivity index (χ1) is 10.9. The summed E-state index contributed by atoms with van der Waals surface area (Å²) in [4.78, 5) is 0. The molecule has 2 aromatic rings. The predicted octanol–water partition coefficient (Wildman–Crippen LogP) is 4.03. The van der Waals surface area contributed by atoms with Crippen molar-refractivity contribution in [3.05, 3.63) is 28.8 Å². The third-order valence-electron chi connectivity index (χ3n) is 3.93. The Bertz CT molecular complexity index is 782. The molecule has 4 nitrogen and oxygen atoms in total. The number of rotatable bonds is 7. The second-order valence-electron chi connectivity index (χ2n) is 5.52. The maximum Gasteiger partial charge on any atom is 0.253 e. The molecule has 0 fully saturated rings. The van der Waals surface area contributed by atoms with Crippen LogP contribution >= 0.6 is 22.9 Å². The lowest BCUT2D eigenvalue weighted by Gasteiger charge is -2.28. The Balaban J connectivity index is 2.59. The Morgan fingerprint density at radius 3 is 2.61 bits per heavy atom. The Kier molecular flexibility index (Phi) is 6.08. The Labute approximate surface area is 146 Å². The van der Waals surface area contributed by atoms with Crippen molar-refractivity contribution in [1.29, 1.82) is 0 Å². The zero-order chi connectivity index (χ0) is 17.2. The van der Waals surface area contributed by atoms with Gasteiger partial charge in [0.25, 0.3) is 10.0 Å². The van der Waals surface area contributed by atoms with Crippen LogP contribution in [0.25, 0.3) is 10.1 Å². The van der Waals surface area contributed by atoms with Gasteiger partial charge in [-0.2, -0.15) is 4.31 Å². The molecule has 23 heavy (non-hydrogen) atoms. The summed E-state index contributed by atoms with van der Waals surface area (Å²) >= 11 is 7.30. The fourth-order valence-corrected chi connectivity index (χ4v) is 6.48. The average Bonchev–Trinajstić information content (AvgIpc) is 2.85. The van der Waals surface area contributed by atoms with E-state index in [-0.39, 0.29) is 6.61 Å². The van der Waals surface area contributed by atoms with Crippen molar-refractivity contribution in [3.8, 4) is 0 Å². The lowest BCUT2D eigenvalue weighted by molar-refractivity contribution is 0.183. The van der Waals surface area contributed by atoms with Crippen LogP contribution in [0.1, 0.15) is 32.3 Å². The number of sulfonamides is 1. The fourth-order valence-electron chi connectivity index (χ4n) is 2.67. The van der Waals surface area contributed by atoms with E-state index in [0.29, 0.717) is 28.6 Å². The largest absolute Gasteiger partial charge is 0.395 e. The standard InChI is InChI=1S/C16H22ClNO3S2/c1-4-8-18(13(5-2)10-19)23(20,21)16-11(3)14-9-12(17)6-7-15(14)22-16/h6-7,9,13,19H,4-5,8,10H2,1-3H3. The van der Waals surface area contributed by atoms with Crippen molar-refractivity contribution in [1.82, 2.24) is 4.31 Å². The van der Waals surface area contributed by atoms with E-state index in [2.05, 4.69) is 0 Å². The molecule has 1 aromatic heterocycles. The van der Waals surface area contributed by atoms with Crippen molar-refractivity contribution >= 4 is 43.0 Å². The lowest BCUT2D eigenvalue weighted by Crippen LogP contribution is -2.42. The molecule has 0 aliphatic heterocycles. The molecular formula is C16H22ClNO3S2. The SMILES string of the molecule is CCCN(C(CC)CO)S(=O)(=O)c1sc2ccc(Cl)cc2c1C. The molecule has 1 aromatic carbocycles. The Morgan fingerprint density at radius 2 is 2.04 bits per heavy atom. The van der Waals surface area contributed by atoms with Gasteiger partial charge in [0.05, 0.1) is 6.61 Å². The van der Waals surface area contributed by atoms with Crippen LogP contribution in [0.5, 0.6) is 0 Å². The van der Waals surface area contributed by atoms with Gasteiger partial charge in [-0.25, -0.2) is 8.42 Å². The second kappa shape index (κ2) is 7.49. The molecular weight excluding hydrogens is 354 g/mol. The van der Waals surface area contributed by atoms with Gasteiger partial charge in [-0.3, -0.25) is 0 Å². The van der Waals surface area contributed by atoms with E-state index in [4.69, 9.17) is 11.6 Å². The number of aliphatic hydroxyl groups excluding tert-OH is 1. The van der Waals surface area contributed by atoms with Crippen molar-refractivity contribution in [2.24, 2.45) is 0 Å². The van der Waals surface area contributed by atoms with Crippen LogP contribution in [-0.4, -0.2) is 37.0 Å². The highest BCUT2D eigenvalue weighted by molar-refractivity contribution is 7.91. The molecule has 0 radical (unpaired) electrons. The van der Waals surface area contributed by atoms with Crippen molar-refractivity contribution in [3.63, 3.8) is 0 Å². The highest BCUT2D eigenvalue weighted by Gasteiger charge is 2.32. The number of thiophene rings is 1. The van der Waals surface area contributed by atoms with E-state index in [1.54, 1.807) is 12.1 Å². The molecule has 1 N–H and O–H groups in total. The van der Waals surface area contributed by atoms with Crippen LogP contribution in [0.4, 0.5) is 0 Å². The van der Waals surface area contributed by atoms with Gasteiger partial charge in [0.2, 0.25) is 0 Å². The van der Waals surface area contributed by atoms with Crippen molar-refractivity contribution < 1.29 is 13.5 Å². The minimum atomic E-state index is -3.64. The smallest absolute Gasteiger partial charge is 0.253 e. The van der Waals surface area contributed by atoms with E-state index in [1.807, 2.05) is 26.8 Å². The number of aryl methyl sites for hydroxylation is 1. The van der Waals surface area contributed by atoms with E-state index < -0.39 is 16.1 Å². The van der Waals surface area contributed by atoms with Gasteiger partial charge < -0.3 is 5.11 Å². The maximum atomic E-state index is 13.1. The summed E-state index contributed by atoms with van der Waals surface area (Å²) in [6.07, 6.45) is 1.27. The predicted molar refractivity (Wildman–Crippen MR) is 96.9 cm³/mol. The first-order valence-corrected chi connectivity index (χ1v) is 10.3. The molecule has 1 atom stereocenters. The van der Waals surface area contributed by atoms with Crippen molar-refractivity contribution in [2.75, 3.05) is 13.2 Å². The van der Waals surface area contributed by atoms with Gasteiger partial charge in [0.15, 0.2) is 0 Å². The summed E-state index contributed by atoms with van der Waals surface area (Å²) in [6.45, 7) is 5.86. The molecule has 1 heterocycles. The normalized spacial score (nSPS) is 13.8. The summed E-state index contributed by atoms with van der Waals surface area (Å²) < 4.78 is 29.0. The molecule has 0 amide bonds. The van der Waals surface area contributed by atoms with Crippen LogP contribution in [0.15, 0.2) is 22.4 Å². The molecule has 0 saturated heterocycles. The van der Waals surface area contributed by atoms with Crippen LogP contribution in [0.2, 0.25) is 5.02 Å². The van der Waals surface area contributed by atoms with E-state index in [0.717, 1.165) is 15.6 Å². The molecule has 7 heteroatoms. The number of benzene rings is 1. The fraction of sp³-hybridized carbons (Fsp3) is 0.500. The van der Waals surface area contributed by atoms with Gasteiger partial charge >= 0.3 is 0 Å². The first-order valence-electron chi connectivity index (χ1n) is 7.68. The highest BCUT2D eigenvalue weighted by atomic mass is 35.5. The number of fused-ring (bicyclic) bond motifs is 1. The summed E-state index contributed by atoms with van der Waals surface area (Å²) in [6, 6.07) is 5.02. The average molecular weight is 376 g/mol. The minimum Gasteiger partial charge on any atom is -0.395 e. The maximum absolute atomic E-state index is 13.1. The van der Waals surface area contributed by atoms with Gasteiger partial charge in [-0.15, -0.1) is 11.3 Å². The lowest BCUT2D eigenvalue weighted by atomic mass is 10.2. The van der Waals surface area contributed by atoms with E-state index in [9.17, 15) is 13.5 Å². The molecule has 1 unspecified atom stereocenters. The summed E-state index contributed by atoms with van der Waals surface area (Å²) in [5.41, 5.74) is 0.724. The van der Waals surface area contributed by atoms with E-state index in [1.165, 1.54) is 15.6 Å². The second-order valence-corrected chi connectivity index (χ2v) is 9.09. The minimum absolute atomic E-state index is 0.175. The number of hydrogen-bond acceptors (Lipinski definition) is 4. The molecule has 0 bridgehead atoms. The zero-order valence-corrected chi connectivity index (χ0v) is 15.9. The Morgan fingerprint density at radius 1 is 1.35 bits per heavy atom. The van der Waals surface area contributed by atoms with Crippen LogP contribution in [0.3, 0.4) is 0 Å². The molecule has 0 aliphatic carbocycles. The Hall–Kier alpha value is -0.660. The van der Waals surface area contributed by atoms with Crippen LogP contribution in [0, 0.1) is 6.92 Å². The number of hydrogen-bond donors (Lipinski definition) is 1. The molecule has 128 valence electrons. The molecule has 0 aliphatic rings. The zero-order valence-electron chi connectivity index (χ0n) is 13.5. The molecule has 0 spiro atoms. The molecule has 2 rings (SSSR count). The van der Waals surface area contributed by atoms with Crippen LogP contribution in [-0.2, 0) is 10.0 Å². The van der Waals surface area contributed by atoms with Crippen molar-refractivity contribution in [2.45, 2.75) is 43.9 Å². The first kappa shape index (κ1) is 18.7. The highest BCUT2D eigenvalue weighted by Crippen LogP contribution is 2.37. The number of nitrogens with zero attached hydrogens (tertiary/aromatic N) is 1. The van der Waals surface area contributed by atoms with E-state index >= 15 is 0 Å². The summed E-state index contributed by atoms with van der Waals surface area (Å²) in [5, 5.41) is 11.0. The molecule has 0 saturated carbocycles. The van der Waals surface area contributed by atoms with Gasteiger partial charge in [0.1, 0.15) is 4.21 Å². The van der Waals surface area contributed by atoms with Gasteiger partial charge in [-0.05, 0) is 48.9 Å². The quantitative estimate of drug-likeness (QED) is 0.794. The van der Waals surface area contributed by atoms with Gasteiger partial charge in [-0.1, -0.05) is 25.4 Å². The number of halogens is 1. The number of aliphatic hydroxyl groups is 1. The monoisotopic (exact) mass is 375 g/mol. The third kappa shape index (κ3) is 3.56. The van der Waals surface area contributed by atoms with Gasteiger partial charge in [0, 0.05) is 22.3 Å². The van der Waals surface area contributed by atoms with Crippen LogP contribution < -0.4 is 0 Å². The summed E-state index contributed by atoms with van der Waals surface area (Å²) in [5.74, 6) is 0. The topological polar surface area (TPSA) is 57.6 Å². The summed E-state index contributed by atoms with van der Waals surface area (Å²) in [7, 11) is -3.64. The third-order valence-corrected chi connectivity index (χ3v) is 7.99.